The number of likely N-dealkylation sites (N-methyl/N-ethyl adjacent to an activating group) is 1. The number of primary amides is 1. The molecule has 40 heavy (non-hydrogen) atoms. The van der Waals surface area contributed by atoms with E-state index in [1.165, 1.54) is 6.42 Å². The summed E-state index contributed by atoms with van der Waals surface area (Å²) in [6.45, 7) is 0.616. The molecule has 1 amide bonds. The summed E-state index contributed by atoms with van der Waals surface area (Å²) in [7, 11) is 13.1. The Labute approximate surface area is 235 Å². The summed E-state index contributed by atoms with van der Waals surface area (Å²) in [5.41, 5.74) is 5.34. The molecular formula is C29H39BN4O6. The number of hydrogen-bond donors (Lipinski definition) is 5. The maximum absolute atomic E-state index is 14.1. The van der Waals surface area contributed by atoms with E-state index in [9.17, 15) is 30.0 Å². The van der Waals surface area contributed by atoms with E-state index in [2.05, 4.69) is 19.4 Å². The number of ketones is 1. The molecule has 0 bridgehead atoms. The second-order valence-electron chi connectivity index (χ2n) is 12.3. The Hall–Kier alpha value is -3.15. The first kappa shape index (κ1) is 28.4. The molecule has 5 rings (SSSR count). The maximum atomic E-state index is 14.1. The number of amides is 1. The molecule has 214 valence electrons. The van der Waals surface area contributed by atoms with Crippen LogP contribution in [-0.2, 0) is 17.8 Å². The quantitative estimate of drug-likeness (QED) is 0.322. The fourth-order valence-electron chi connectivity index (χ4n) is 7.44. The van der Waals surface area contributed by atoms with Crippen molar-refractivity contribution in [3.05, 3.63) is 45.4 Å². The van der Waals surface area contributed by atoms with E-state index in [1.807, 2.05) is 19.0 Å². The van der Waals surface area contributed by atoms with Crippen LogP contribution in [0.4, 0.5) is 5.69 Å². The third kappa shape index (κ3) is 3.93. The molecule has 0 saturated heterocycles. The van der Waals surface area contributed by atoms with Gasteiger partial charge >= 0.3 is 216 Å². The van der Waals surface area contributed by atoms with Crippen LogP contribution in [0.2, 0.25) is 0 Å². The van der Waals surface area contributed by atoms with Crippen LogP contribution in [-0.4, -0.2) is 108 Å². The monoisotopic (exact) mass is 550 g/mol. The molecule has 6 N–H and O–H groups in total. The van der Waals surface area contributed by atoms with Crippen LogP contribution in [0.1, 0.15) is 47.2 Å². The molecule has 4 atom stereocenters. The molecule has 1 aromatic rings. The fraction of sp³-hybridized carbons (Fsp3) is 0.552. The molecule has 1 fully saturated rings. The first-order valence-corrected chi connectivity index (χ1v) is 13.8. The summed E-state index contributed by atoms with van der Waals surface area (Å²) >= 11 is 0. The number of carbonyl (C=O) groups excluding carboxylic acids is 2. The van der Waals surface area contributed by atoms with Crippen LogP contribution >= 0.6 is 0 Å². The number of nitrogens with two attached hydrogens (primary N) is 1. The Morgan fingerprint density at radius 3 is 2.33 bits per heavy atom. The van der Waals surface area contributed by atoms with E-state index in [0.717, 1.165) is 24.1 Å². The van der Waals surface area contributed by atoms with Gasteiger partial charge in [-0.2, -0.15) is 0 Å². The summed E-state index contributed by atoms with van der Waals surface area (Å²) in [6, 6.07) is 1.26. The third-order valence-electron chi connectivity index (χ3n) is 9.53. The van der Waals surface area contributed by atoms with Crippen molar-refractivity contribution in [3.63, 3.8) is 0 Å². The molecule has 10 nitrogen and oxygen atoms in total. The van der Waals surface area contributed by atoms with Gasteiger partial charge in [0, 0.05) is 0 Å². The Bertz CT molecular complexity index is 1380. The van der Waals surface area contributed by atoms with Crippen molar-refractivity contribution in [1.82, 2.24) is 9.80 Å². The summed E-state index contributed by atoms with van der Waals surface area (Å²) < 4.78 is 0. The van der Waals surface area contributed by atoms with Crippen molar-refractivity contribution in [1.29, 1.82) is 0 Å². The molecule has 0 aromatic heterocycles. The number of aliphatic hydroxyl groups excluding tert-OH is 2. The number of aliphatic hydroxyl groups is 3. The molecule has 4 aliphatic carbocycles. The summed E-state index contributed by atoms with van der Waals surface area (Å²) in [5.74, 6) is -3.96. The van der Waals surface area contributed by atoms with Gasteiger partial charge in [0.1, 0.15) is 0 Å². The molecule has 0 radical (unpaired) electrons. The van der Waals surface area contributed by atoms with Crippen LogP contribution in [0.5, 0.6) is 5.75 Å². The van der Waals surface area contributed by atoms with E-state index in [4.69, 9.17) is 5.73 Å². The van der Waals surface area contributed by atoms with E-state index in [0.29, 0.717) is 24.6 Å². The Morgan fingerprint density at radius 1 is 1.15 bits per heavy atom. The minimum absolute atomic E-state index is 0.00513. The SMILES string of the molecule is B=C1C(C(N)=O)=C(O)[C@@H](N(C)C)[C@@H]2C[C@@H]3Cc4c(c(O)cc(CN(C)C5CCC5)c4N(C)C)C(=O)C3=C(O)[C@]12O. The average molecular weight is 550 g/mol. The summed E-state index contributed by atoms with van der Waals surface area (Å²) in [5, 5.41) is 45.9. The van der Waals surface area contributed by atoms with E-state index in [-0.39, 0.29) is 40.1 Å². The van der Waals surface area contributed by atoms with Gasteiger partial charge in [-0.15, -0.1) is 0 Å². The zero-order valence-corrected chi connectivity index (χ0v) is 23.9. The van der Waals surface area contributed by atoms with E-state index < -0.39 is 40.9 Å². The molecule has 0 unspecified atom stereocenters. The van der Waals surface area contributed by atoms with Crippen molar-refractivity contribution in [2.45, 2.75) is 56.3 Å². The van der Waals surface area contributed by atoms with Crippen molar-refractivity contribution in [3.8, 4) is 5.75 Å². The van der Waals surface area contributed by atoms with Gasteiger partial charge in [0.15, 0.2) is 0 Å². The minimum atomic E-state index is -2.20. The fourth-order valence-corrected chi connectivity index (χ4v) is 7.44. The van der Waals surface area contributed by atoms with Gasteiger partial charge in [0.25, 0.3) is 0 Å². The first-order chi connectivity index (χ1) is 18.7. The van der Waals surface area contributed by atoms with Crippen molar-refractivity contribution >= 4 is 30.3 Å². The number of aromatic hydroxyl groups is 1. The van der Waals surface area contributed by atoms with Crippen LogP contribution in [0.15, 0.2) is 28.7 Å². The number of nitrogens with zero attached hydrogens (tertiary/aromatic N) is 3. The standard InChI is InChI=1S/C29H39BN4O6/c1-32(2)22-14(12-34(5)15-7-6-8-15)11-18(35)20-16(22)9-13-10-17-23(33(3)4)25(37)21(28(31)39)26(30)29(17,40)27(38)19(13)24(20)36/h11,13,15,17,23,30,35,37-38,40H,6-10,12H2,1-5H3,(H2,31,39)/t13-,17-,23-,29+/m0/s1. The van der Waals surface area contributed by atoms with Gasteiger partial charge in [-0.25, -0.2) is 0 Å². The number of phenols is 1. The van der Waals surface area contributed by atoms with E-state index >= 15 is 0 Å². The molecular weight excluding hydrogens is 511 g/mol. The number of fused-ring (bicyclic) bond motifs is 3. The number of Topliss-reactive ketones (excluding diaryl/α,β-unsaturated/α-hetero) is 1. The normalized spacial score (nSPS) is 28.4. The number of allylic oxidation sites excluding steroid dienone is 1. The zero-order valence-electron chi connectivity index (χ0n) is 23.9. The average Bonchev–Trinajstić information content (AvgIpc) is 2.79. The number of hydrogen-bond acceptors (Lipinski definition) is 9. The molecule has 1 aromatic carbocycles. The number of rotatable bonds is 6. The van der Waals surface area contributed by atoms with Gasteiger partial charge in [-0.1, -0.05) is 6.42 Å². The first-order valence-electron chi connectivity index (χ1n) is 13.8. The number of phenolic OH excluding ortho intramolecular Hbond substituents is 1. The Morgan fingerprint density at radius 2 is 1.80 bits per heavy atom. The Kier molecular flexibility index (Phi) is 6.92. The number of benzene rings is 1. The van der Waals surface area contributed by atoms with E-state index in [1.54, 1.807) is 25.1 Å². The van der Waals surface area contributed by atoms with Gasteiger partial charge < -0.3 is 0 Å². The van der Waals surface area contributed by atoms with Crippen LogP contribution < -0.4 is 10.6 Å². The van der Waals surface area contributed by atoms with Crippen LogP contribution in [0.3, 0.4) is 0 Å². The number of carbonyl (C=O) groups is 2. The predicted molar refractivity (Wildman–Crippen MR) is 154 cm³/mol. The third-order valence-corrected chi connectivity index (χ3v) is 9.53. The summed E-state index contributed by atoms with van der Waals surface area (Å²) in [6.07, 6.45) is 4.05. The topological polar surface area (TPSA) is 151 Å². The number of anilines is 1. The van der Waals surface area contributed by atoms with Gasteiger partial charge in [0.2, 0.25) is 0 Å². The van der Waals surface area contributed by atoms with Gasteiger partial charge in [-0.3, -0.25) is 0 Å². The van der Waals surface area contributed by atoms with Crippen molar-refractivity contribution in [2.24, 2.45) is 17.6 Å². The molecule has 0 aliphatic heterocycles. The van der Waals surface area contributed by atoms with Crippen LogP contribution in [0.25, 0.3) is 0 Å². The summed E-state index contributed by atoms with van der Waals surface area (Å²) in [4.78, 5) is 32.3. The predicted octanol–water partition coefficient (Wildman–Crippen LogP) is 0.675. The molecule has 1 saturated carbocycles. The second kappa shape index (κ2) is 9.75. The van der Waals surface area contributed by atoms with Gasteiger partial charge in [0.05, 0.1) is 0 Å². The zero-order chi connectivity index (χ0) is 29.4. The molecule has 0 spiro atoms. The second-order valence-corrected chi connectivity index (χ2v) is 12.3. The Balaban J connectivity index is 1.67. The van der Waals surface area contributed by atoms with Crippen LogP contribution in [0, 0.1) is 11.8 Å². The van der Waals surface area contributed by atoms with Crippen molar-refractivity contribution in [2.75, 3.05) is 40.1 Å². The molecule has 0 heterocycles. The molecule has 11 heteroatoms. The van der Waals surface area contributed by atoms with Gasteiger partial charge in [-0.05, 0) is 12.8 Å². The molecule has 4 aliphatic rings. The van der Waals surface area contributed by atoms with Crippen molar-refractivity contribution < 1.29 is 30.0 Å².